The summed E-state index contributed by atoms with van der Waals surface area (Å²) in [5.41, 5.74) is 5.18. The molecule has 6 heteroatoms. The van der Waals surface area contributed by atoms with Gasteiger partial charge in [-0.2, -0.15) is 0 Å². The zero-order chi connectivity index (χ0) is 19.4. The fourth-order valence-electron chi connectivity index (χ4n) is 3.26. The van der Waals surface area contributed by atoms with Crippen LogP contribution in [0.2, 0.25) is 0 Å². The second-order valence-electron chi connectivity index (χ2n) is 7.66. The van der Waals surface area contributed by atoms with Crippen LogP contribution in [0.1, 0.15) is 44.5 Å². The van der Waals surface area contributed by atoms with Gasteiger partial charge in [0.15, 0.2) is 0 Å². The summed E-state index contributed by atoms with van der Waals surface area (Å²) >= 11 is 1.65. The number of benzene rings is 1. The van der Waals surface area contributed by atoms with Crippen molar-refractivity contribution in [2.45, 2.75) is 52.3 Å². The Balaban J connectivity index is 1.53. The molecule has 0 radical (unpaired) electrons. The van der Waals surface area contributed by atoms with Gasteiger partial charge < -0.3 is 15.4 Å². The van der Waals surface area contributed by atoms with Gasteiger partial charge in [0.1, 0.15) is 0 Å². The number of nitrogens with one attached hydrogen (secondary N) is 2. The highest BCUT2D eigenvalue weighted by Gasteiger charge is 2.30. The van der Waals surface area contributed by atoms with E-state index in [0.717, 1.165) is 30.8 Å². The van der Waals surface area contributed by atoms with E-state index in [2.05, 4.69) is 53.7 Å². The van der Waals surface area contributed by atoms with Crippen LogP contribution in [0.4, 0.5) is 0 Å². The van der Waals surface area contributed by atoms with E-state index in [4.69, 9.17) is 4.74 Å². The summed E-state index contributed by atoms with van der Waals surface area (Å²) in [6.07, 6.45) is 0.856. The maximum Gasteiger partial charge on any atom is 0.237 e. The lowest BCUT2D eigenvalue weighted by Gasteiger charge is -2.18. The van der Waals surface area contributed by atoms with Gasteiger partial charge in [-0.3, -0.25) is 4.79 Å². The minimum atomic E-state index is -0.177. The average molecular weight is 388 g/mol. The van der Waals surface area contributed by atoms with E-state index in [0.29, 0.717) is 5.92 Å². The van der Waals surface area contributed by atoms with Gasteiger partial charge >= 0.3 is 0 Å². The topological polar surface area (TPSA) is 63.2 Å². The molecule has 1 aromatic heterocycles. The molecule has 2 N–H and O–H groups in total. The molecule has 0 spiro atoms. The van der Waals surface area contributed by atoms with Gasteiger partial charge in [0.25, 0.3) is 0 Å². The lowest BCUT2D eigenvalue weighted by Crippen LogP contribution is -2.41. The molecule has 1 aliphatic rings. The van der Waals surface area contributed by atoms with Gasteiger partial charge in [-0.1, -0.05) is 38.1 Å². The van der Waals surface area contributed by atoms with Crippen molar-refractivity contribution in [3.63, 3.8) is 0 Å². The molecule has 27 heavy (non-hydrogen) atoms. The average Bonchev–Trinajstić information content (AvgIpc) is 3.29. The first-order valence-electron chi connectivity index (χ1n) is 9.59. The first-order chi connectivity index (χ1) is 12.9. The summed E-state index contributed by atoms with van der Waals surface area (Å²) in [5.74, 6) is 0.551. The fraction of sp³-hybridized carbons (Fsp3) is 0.524. The molecule has 1 aromatic carbocycles. The van der Waals surface area contributed by atoms with Crippen molar-refractivity contribution >= 4 is 17.2 Å². The highest BCUT2D eigenvalue weighted by Crippen LogP contribution is 2.28. The van der Waals surface area contributed by atoms with E-state index < -0.39 is 0 Å². The molecule has 0 saturated carbocycles. The van der Waals surface area contributed by atoms with Crippen molar-refractivity contribution in [2.24, 2.45) is 5.92 Å². The fourth-order valence-corrected chi connectivity index (χ4v) is 4.07. The largest absolute Gasteiger partial charge is 0.377 e. The molecule has 2 aromatic rings. The van der Waals surface area contributed by atoms with E-state index in [1.54, 1.807) is 11.3 Å². The Labute approximate surface area is 165 Å². The molecule has 1 fully saturated rings. The molecule has 146 valence electrons. The summed E-state index contributed by atoms with van der Waals surface area (Å²) in [6, 6.07) is 8.14. The van der Waals surface area contributed by atoms with Gasteiger partial charge in [0.05, 0.1) is 34.3 Å². The predicted octanol–water partition coefficient (Wildman–Crippen LogP) is 3.70. The Morgan fingerprint density at radius 1 is 1.33 bits per heavy atom. The summed E-state index contributed by atoms with van der Waals surface area (Å²) in [5, 5.41) is 6.40. The quantitative estimate of drug-likeness (QED) is 0.760. The number of carbonyl (C=O) groups excluding carboxylic acids is 1. The van der Waals surface area contributed by atoms with Gasteiger partial charge in [0, 0.05) is 13.2 Å². The Morgan fingerprint density at radius 2 is 2.07 bits per heavy atom. The number of hydrogen-bond acceptors (Lipinski definition) is 5. The molecule has 5 nitrogen and oxygen atoms in total. The number of thiazole rings is 1. The van der Waals surface area contributed by atoms with Crippen molar-refractivity contribution < 1.29 is 9.53 Å². The Bertz CT molecular complexity index is 757. The number of aryl methyl sites for hydroxylation is 1. The van der Waals surface area contributed by atoms with E-state index in [1.807, 2.05) is 19.4 Å². The number of carbonyl (C=O) groups is 1. The summed E-state index contributed by atoms with van der Waals surface area (Å²) < 4.78 is 5.85. The van der Waals surface area contributed by atoms with E-state index in [1.165, 1.54) is 10.4 Å². The normalized spacial score (nSPS) is 20.8. The molecular weight excluding hydrogens is 358 g/mol. The van der Waals surface area contributed by atoms with Crippen LogP contribution in [0.15, 0.2) is 29.8 Å². The number of aromatic nitrogens is 1. The van der Waals surface area contributed by atoms with Crippen molar-refractivity contribution in [1.29, 1.82) is 0 Å². The van der Waals surface area contributed by atoms with E-state index >= 15 is 0 Å². The van der Waals surface area contributed by atoms with Crippen LogP contribution in [0.5, 0.6) is 0 Å². The second-order valence-corrected chi connectivity index (χ2v) is 8.52. The molecule has 1 amide bonds. The SMILES string of the molecule is Cc1ncsc1-c1ccc([C@H](C)NC(=O)[C@@H]2C[C@@H](OCC(C)C)CN2)cc1. The molecule has 1 saturated heterocycles. The van der Waals surface area contributed by atoms with Crippen molar-refractivity contribution in [3.05, 3.63) is 41.0 Å². The minimum Gasteiger partial charge on any atom is -0.377 e. The molecular formula is C21H29N3O2S. The van der Waals surface area contributed by atoms with Crippen LogP contribution in [0.3, 0.4) is 0 Å². The molecule has 3 atom stereocenters. The molecule has 1 aliphatic heterocycles. The third-order valence-electron chi connectivity index (χ3n) is 4.85. The molecule has 3 rings (SSSR count). The summed E-state index contributed by atoms with van der Waals surface area (Å²) in [6.45, 7) is 9.79. The monoisotopic (exact) mass is 387 g/mol. The van der Waals surface area contributed by atoms with Crippen molar-refractivity contribution in [1.82, 2.24) is 15.6 Å². The first-order valence-corrected chi connectivity index (χ1v) is 10.5. The van der Waals surface area contributed by atoms with Crippen molar-refractivity contribution in [2.75, 3.05) is 13.2 Å². The van der Waals surface area contributed by atoms with Crippen LogP contribution in [-0.2, 0) is 9.53 Å². The Kier molecular flexibility index (Phi) is 6.63. The number of ether oxygens (including phenoxy) is 1. The number of rotatable bonds is 7. The third-order valence-corrected chi connectivity index (χ3v) is 5.83. The van der Waals surface area contributed by atoms with E-state index in [-0.39, 0.29) is 24.1 Å². The maximum absolute atomic E-state index is 12.6. The predicted molar refractivity (Wildman–Crippen MR) is 110 cm³/mol. The standard InChI is InChI=1S/C21H29N3O2S/c1-13(2)11-26-18-9-19(22-10-18)21(25)24-14(3)16-5-7-17(8-6-16)20-15(4)23-12-27-20/h5-8,12-14,18-19,22H,9-11H2,1-4H3,(H,24,25)/t14-,18+,19-/m0/s1. The zero-order valence-electron chi connectivity index (χ0n) is 16.5. The van der Waals surface area contributed by atoms with Crippen LogP contribution >= 0.6 is 11.3 Å². The third kappa shape index (κ3) is 5.15. The van der Waals surface area contributed by atoms with Crippen LogP contribution in [0.25, 0.3) is 10.4 Å². The minimum absolute atomic E-state index is 0.0356. The molecule has 2 heterocycles. The summed E-state index contributed by atoms with van der Waals surface area (Å²) in [7, 11) is 0. The first kappa shape index (κ1) is 20.0. The smallest absolute Gasteiger partial charge is 0.237 e. The Hall–Kier alpha value is -1.76. The lowest BCUT2D eigenvalue weighted by atomic mass is 10.0. The van der Waals surface area contributed by atoms with Gasteiger partial charge in [-0.05, 0) is 37.3 Å². The lowest BCUT2D eigenvalue weighted by molar-refractivity contribution is -0.123. The maximum atomic E-state index is 12.6. The molecule has 0 unspecified atom stereocenters. The van der Waals surface area contributed by atoms with E-state index in [9.17, 15) is 4.79 Å². The van der Waals surface area contributed by atoms with Gasteiger partial charge in [0.2, 0.25) is 5.91 Å². The zero-order valence-corrected chi connectivity index (χ0v) is 17.3. The van der Waals surface area contributed by atoms with Crippen LogP contribution in [-0.4, -0.2) is 36.2 Å². The number of amides is 1. The Morgan fingerprint density at radius 3 is 2.70 bits per heavy atom. The summed E-state index contributed by atoms with van der Waals surface area (Å²) in [4.78, 5) is 18.1. The van der Waals surface area contributed by atoms with Crippen LogP contribution < -0.4 is 10.6 Å². The van der Waals surface area contributed by atoms with Gasteiger partial charge in [-0.25, -0.2) is 4.98 Å². The second kappa shape index (κ2) is 8.95. The highest BCUT2D eigenvalue weighted by atomic mass is 32.1. The molecule has 0 aliphatic carbocycles. The van der Waals surface area contributed by atoms with Crippen molar-refractivity contribution in [3.8, 4) is 10.4 Å². The highest BCUT2D eigenvalue weighted by molar-refractivity contribution is 7.13. The molecule has 0 bridgehead atoms. The number of nitrogens with zero attached hydrogens (tertiary/aromatic N) is 1. The van der Waals surface area contributed by atoms with Gasteiger partial charge in [-0.15, -0.1) is 11.3 Å². The van der Waals surface area contributed by atoms with Crippen LogP contribution in [0, 0.1) is 12.8 Å². The number of hydrogen-bond donors (Lipinski definition) is 2.